The molecule has 7 heteroatoms. The van der Waals surface area contributed by atoms with Crippen molar-refractivity contribution in [1.82, 2.24) is 4.31 Å². The minimum atomic E-state index is -3.44. The van der Waals surface area contributed by atoms with Crippen molar-refractivity contribution in [3.8, 4) is 0 Å². The highest BCUT2D eigenvalue weighted by Gasteiger charge is 2.25. The molecule has 1 aromatic heterocycles. The molecule has 0 aliphatic heterocycles. The van der Waals surface area contributed by atoms with Gasteiger partial charge in [0.25, 0.3) is 10.0 Å². The number of nitrogens with zero attached hydrogens (tertiary/aromatic N) is 1. The summed E-state index contributed by atoms with van der Waals surface area (Å²) in [5.41, 5.74) is 0.918. The first-order valence-electron chi connectivity index (χ1n) is 5.47. The van der Waals surface area contributed by atoms with Crippen LogP contribution in [0.2, 0.25) is 0 Å². The maximum atomic E-state index is 12.3. The Morgan fingerprint density at radius 1 is 1.56 bits per heavy atom. The number of aryl methyl sites for hydroxylation is 1. The fourth-order valence-corrected chi connectivity index (χ4v) is 4.71. The van der Waals surface area contributed by atoms with Gasteiger partial charge in [-0.1, -0.05) is 0 Å². The monoisotopic (exact) mass is 311 g/mol. The summed E-state index contributed by atoms with van der Waals surface area (Å²) in [6, 6.07) is 1.67. The van der Waals surface area contributed by atoms with Gasteiger partial charge < -0.3 is 4.74 Å². The number of hydrogen-bond donors (Lipinski definition) is 0. The van der Waals surface area contributed by atoms with E-state index in [9.17, 15) is 8.42 Å². The van der Waals surface area contributed by atoms with Crippen LogP contribution in [0.5, 0.6) is 0 Å². The molecule has 0 spiro atoms. The third-order valence-corrected chi connectivity index (χ3v) is 6.64. The highest BCUT2D eigenvalue weighted by atomic mass is 35.5. The van der Waals surface area contributed by atoms with Crippen LogP contribution in [0.25, 0.3) is 0 Å². The quantitative estimate of drug-likeness (QED) is 0.758. The Bertz CT molecular complexity index is 498. The lowest BCUT2D eigenvalue weighted by Gasteiger charge is -2.19. The summed E-state index contributed by atoms with van der Waals surface area (Å²) < 4.78 is 31.3. The summed E-state index contributed by atoms with van der Waals surface area (Å²) in [4.78, 5) is 0.892. The Labute approximate surface area is 118 Å². The van der Waals surface area contributed by atoms with Crippen LogP contribution in [0.1, 0.15) is 17.4 Å². The lowest BCUT2D eigenvalue weighted by Crippen LogP contribution is -2.33. The zero-order chi connectivity index (χ0) is 13.9. The Morgan fingerprint density at radius 2 is 2.17 bits per heavy atom. The number of ether oxygens (including phenoxy) is 1. The SMILES string of the molecule is COC(C)CN(C)S(=O)(=O)c1cc(C)c(CCl)s1. The van der Waals surface area contributed by atoms with E-state index < -0.39 is 10.0 Å². The predicted molar refractivity (Wildman–Crippen MR) is 74.9 cm³/mol. The summed E-state index contributed by atoms with van der Waals surface area (Å²) >= 11 is 6.99. The van der Waals surface area contributed by atoms with Gasteiger partial charge in [-0.05, 0) is 25.5 Å². The third-order valence-electron chi connectivity index (χ3n) is 2.70. The molecule has 1 heterocycles. The van der Waals surface area contributed by atoms with E-state index in [4.69, 9.17) is 16.3 Å². The van der Waals surface area contributed by atoms with Gasteiger partial charge in [-0.2, -0.15) is 4.31 Å². The number of thiophene rings is 1. The minimum absolute atomic E-state index is 0.140. The number of hydrogen-bond acceptors (Lipinski definition) is 4. The molecule has 0 saturated carbocycles. The van der Waals surface area contributed by atoms with Gasteiger partial charge in [-0.15, -0.1) is 22.9 Å². The van der Waals surface area contributed by atoms with E-state index in [1.165, 1.54) is 15.6 Å². The summed E-state index contributed by atoms with van der Waals surface area (Å²) in [7, 11) is -0.325. The van der Waals surface area contributed by atoms with Crippen molar-refractivity contribution in [1.29, 1.82) is 0 Å². The zero-order valence-electron chi connectivity index (χ0n) is 10.9. The van der Waals surface area contributed by atoms with Gasteiger partial charge in [-0.3, -0.25) is 0 Å². The van der Waals surface area contributed by atoms with Crippen LogP contribution in [-0.2, 0) is 20.6 Å². The van der Waals surface area contributed by atoms with Gasteiger partial charge in [-0.25, -0.2) is 8.42 Å². The largest absolute Gasteiger partial charge is 0.380 e. The molecule has 1 atom stereocenters. The second-order valence-corrected chi connectivity index (χ2v) is 7.81. The molecule has 0 aliphatic rings. The average Bonchev–Trinajstić information content (AvgIpc) is 2.70. The molecule has 0 aliphatic carbocycles. The summed E-state index contributed by atoms with van der Waals surface area (Å²) in [6.07, 6.45) is -0.140. The number of alkyl halides is 1. The van der Waals surface area contributed by atoms with E-state index in [0.29, 0.717) is 16.6 Å². The minimum Gasteiger partial charge on any atom is -0.380 e. The molecule has 0 saturated heterocycles. The maximum Gasteiger partial charge on any atom is 0.252 e. The van der Waals surface area contributed by atoms with Crippen molar-refractivity contribution in [2.24, 2.45) is 0 Å². The zero-order valence-corrected chi connectivity index (χ0v) is 13.3. The van der Waals surface area contributed by atoms with Crippen molar-refractivity contribution < 1.29 is 13.2 Å². The molecule has 18 heavy (non-hydrogen) atoms. The smallest absolute Gasteiger partial charge is 0.252 e. The predicted octanol–water partition coefficient (Wildman–Crippen LogP) is 2.45. The lowest BCUT2D eigenvalue weighted by molar-refractivity contribution is 0.104. The van der Waals surface area contributed by atoms with Crippen molar-refractivity contribution in [2.45, 2.75) is 30.0 Å². The van der Waals surface area contributed by atoms with Gasteiger partial charge in [0.1, 0.15) is 4.21 Å². The first kappa shape index (κ1) is 15.9. The molecule has 4 nitrogen and oxygen atoms in total. The molecule has 1 aromatic rings. The third kappa shape index (κ3) is 3.45. The van der Waals surface area contributed by atoms with Crippen molar-refractivity contribution in [3.05, 3.63) is 16.5 Å². The van der Waals surface area contributed by atoms with E-state index in [2.05, 4.69) is 0 Å². The molecule has 0 aromatic carbocycles. The average molecular weight is 312 g/mol. The molecule has 1 unspecified atom stereocenters. The van der Waals surface area contributed by atoms with Gasteiger partial charge in [0.05, 0.1) is 12.0 Å². The number of sulfonamides is 1. The highest BCUT2D eigenvalue weighted by Crippen LogP contribution is 2.29. The maximum absolute atomic E-state index is 12.3. The van der Waals surface area contributed by atoms with E-state index >= 15 is 0 Å². The first-order chi connectivity index (χ1) is 8.32. The van der Waals surface area contributed by atoms with Crippen molar-refractivity contribution >= 4 is 33.0 Å². The number of rotatable bonds is 6. The van der Waals surface area contributed by atoms with Crippen LogP contribution in [0.15, 0.2) is 10.3 Å². The standard InChI is InChI=1S/C11H18ClNO3S2/c1-8-5-11(17-10(8)6-12)18(14,15)13(3)7-9(2)16-4/h5,9H,6-7H2,1-4H3. The lowest BCUT2D eigenvalue weighted by atomic mass is 10.3. The fraction of sp³-hybridized carbons (Fsp3) is 0.636. The second-order valence-electron chi connectivity index (χ2n) is 4.14. The molecule has 0 N–H and O–H groups in total. The molecule has 0 bridgehead atoms. The summed E-state index contributed by atoms with van der Waals surface area (Å²) in [5, 5.41) is 0. The van der Waals surface area contributed by atoms with Crippen LogP contribution >= 0.6 is 22.9 Å². The van der Waals surface area contributed by atoms with Crippen LogP contribution in [0.3, 0.4) is 0 Å². The van der Waals surface area contributed by atoms with Crippen molar-refractivity contribution in [2.75, 3.05) is 20.7 Å². The van der Waals surface area contributed by atoms with E-state index in [1.54, 1.807) is 20.2 Å². The topological polar surface area (TPSA) is 46.6 Å². The summed E-state index contributed by atoms with van der Waals surface area (Å²) in [6.45, 7) is 4.02. The van der Waals surface area contributed by atoms with Gasteiger partial charge in [0, 0.05) is 25.6 Å². The fourth-order valence-electron chi connectivity index (χ4n) is 1.44. The normalized spacial score (nSPS) is 14.1. The number of likely N-dealkylation sites (N-methyl/N-ethyl adjacent to an activating group) is 1. The Balaban J connectivity index is 2.98. The number of methoxy groups -OCH3 is 1. The van der Waals surface area contributed by atoms with Crippen molar-refractivity contribution in [3.63, 3.8) is 0 Å². The highest BCUT2D eigenvalue weighted by molar-refractivity contribution is 7.91. The van der Waals surface area contributed by atoms with Crippen LogP contribution < -0.4 is 0 Å². The molecule has 1 rings (SSSR count). The van der Waals surface area contributed by atoms with E-state index in [0.717, 1.165) is 10.4 Å². The summed E-state index contributed by atoms with van der Waals surface area (Å²) in [5.74, 6) is 0.338. The Morgan fingerprint density at radius 3 is 2.61 bits per heavy atom. The van der Waals surface area contributed by atoms with Crippen LogP contribution in [0, 0.1) is 6.92 Å². The van der Waals surface area contributed by atoms with Crippen LogP contribution in [-0.4, -0.2) is 39.5 Å². The molecule has 0 radical (unpaired) electrons. The molecule has 104 valence electrons. The van der Waals surface area contributed by atoms with Gasteiger partial charge >= 0.3 is 0 Å². The molecular weight excluding hydrogens is 294 g/mol. The Kier molecular flexibility index (Phi) is 5.61. The Hall–Kier alpha value is -0.140. The molecule has 0 fully saturated rings. The molecule has 0 amide bonds. The van der Waals surface area contributed by atoms with Gasteiger partial charge in [0.2, 0.25) is 0 Å². The number of halogens is 1. The second kappa shape index (κ2) is 6.34. The first-order valence-corrected chi connectivity index (χ1v) is 8.26. The van der Waals surface area contributed by atoms with E-state index in [-0.39, 0.29) is 6.10 Å². The molecular formula is C11H18ClNO3S2. The van der Waals surface area contributed by atoms with Crippen LogP contribution in [0.4, 0.5) is 0 Å². The van der Waals surface area contributed by atoms with E-state index in [1.807, 2.05) is 13.8 Å². The van der Waals surface area contributed by atoms with Gasteiger partial charge in [0.15, 0.2) is 0 Å².